The Kier molecular flexibility index (Phi) is 2.27. The van der Waals surface area contributed by atoms with E-state index in [0.717, 1.165) is 27.0 Å². The summed E-state index contributed by atoms with van der Waals surface area (Å²) >= 11 is 5.29. The molecule has 2 aromatic rings. The van der Waals surface area contributed by atoms with Crippen LogP contribution in [0.3, 0.4) is 0 Å². The monoisotopic (exact) mass is 214 g/mol. The lowest BCUT2D eigenvalue weighted by Crippen LogP contribution is -1.81. The Bertz CT molecular complexity index is 450. The van der Waals surface area contributed by atoms with Crippen LogP contribution in [0.15, 0.2) is 23.1 Å². The zero-order valence-corrected chi connectivity index (χ0v) is 8.33. The number of rotatable bonds is 1. The predicted molar refractivity (Wildman–Crippen MR) is 55.0 cm³/mol. The lowest BCUT2D eigenvalue weighted by molar-refractivity contribution is 0.282. The number of hydrogen-bond acceptors (Lipinski definition) is 3. The summed E-state index contributed by atoms with van der Waals surface area (Å²) in [5.74, 6) is 0. The highest BCUT2D eigenvalue weighted by atomic mass is 32.1. The second kappa shape index (κ2) is 3.29. The van der Waals surface area contributed by atoms with Crippen LogP contribution in [0.2, 0.25) is 0 Å². The summed E-state index contributed by atoms with van der Waals surface area (Å²) in [4.78, 5) is 0.710. The molecule has 0 radical (unpaired) electrons. The molecule has 4 heteroatoms. The van der Waals surface area contributed by atoms with Gasteiger partial charge in [0.25, 0.3) is 0 Å². The van der Waals surface area contributed by atoms with Gasteiger partial charge in [-0.1, -0.05) is 0 Å². The maximum absolute atomic E-state index is 12.9. The molecule has 1 heterocycles. The van der Waals surface area contributed by atoms with Gasteiger partial charge in [0.2, 0.25) is 0 Å². The van der Waals surface area contributed by atoms with Crippen molar-refractivity contribution in [3.05, 3.63) is 28.9 Å². The summed E-state index contributed by atoms with van der Waals surface area (Å²) in [5, 5.41) is 9.49. The SMILES string of the molecule is OCc1cc(S)c2cc(F)sc2c1. The van der Waals surface area contributed by atoms with Crippen LogP contribution in [0, 0.1) is 5.13 Å². The first-order valence-electron chi connectivity index (χ1n) is 3.72. The highest BCUT2D eigenvalue weighted by molar-refractivity contribution is 7.80. The minimum atomic E-state index is -0.222. The molecule has 0 atom stereocenters. The van der Waals surface area contributed by atoms with Gasteiger partial charge in [0.1, 0.15) is 0 Å². The van der Waals surface area contributed by atoms with E-state index in [2.05, 4.69) is 12.6 Å². The Labute approximate surface area is 84.2 Å². The van der Waals surface area contributed by atoms with E-state index in [1.54, 1.807) is 12.1 Å². The molecule has 1 nitrogen and oxygen atoms in total. The number of halogens is 1. The highest BCUT2D eigenvalue weighted by Gasteiger charge is 2.05. The second-order valence-corrected chi connectivity index (χ2v) is 4.25. The minimum absolute atomic E-state index is 0.0387. The average molecular weight is 214 g/mol. The van der Waals surface area contributed by atoms with Crippen molar-refractivity contribution in [2.75, 3.05) is 0 Å². The highest BCUT2D eigenvalue weighted by Crippen LogP contribution is 2.30. The van der Waals surface area contributed by atoms with Crippen LogP contribution >= 0.6 is 24.0 Å². The van der Waals surface area contributed by atoms with Gasteiger partial charge in [-0.3, -0.25) is 0 Å². The lowest BCUT2D eigenvalue weighted by Gasteiger charge is -1.98. The van der Waals surface area contributed by atoms with E-state index in [4.69, 9.17) is 5.11 Å². The predicted octanol–water partition coefficient (Wildman–Crippen LogP) is 2.82. The van der Waals surface area contributed by atoms with Crippen LogP contribution in [-0.2, 0) is 6.61 Å². The van der Waals surface area contributed by atoms with Gasteiger partial charge in [0, 0.05) is 15.0 Å². The number of thiophene rings is 1. The van der Waals surface area contributed by atoms with Crippen LogP contribution in [0.5, 0.6) is 0 Å². The zero-order valence-electron chi connectivity index (χ0n) is 6.62. The summed E-state index contributed by atoms with van der Waals surface area (Å²) in [5.41, 5.74) is 0.763. The van der Waals surface area contributed by atoms with Gasteiger partial charge in [-0.2, -0.15) is 4.39 Å². The third-order valence-corrected chi connectivity index (χ3v) is 3.07. The number of aliphatic hydroxyl groups excluding tert-OH is 1. The smallest absolute Gasteiger partial charge is 0.177 e. The molecule has 0 bridgehead atoms. The largest absolute Gasteiger partial charge is 0.392 e. The Morgan fingerprint density at radius 1 is 1.38 bits per heavy atom. The molecule has 1 aromatic carbocycles. The van der Waals surface area contributed by atoms with Crippen molar-refractivity contribution in [1.82, 2.24) is 0 Å². The number of fused-ring (bicyclic) bond motifs is 1. The number of hydrogen-bond donors (Lipinski definition) is 2. The molecule has 1 N–H and O–H groups in total. The molecule has 0 saturated carbocycles. The van der Waals surface area contributed by atoms with Gasteiger partial charge in [0.15, 0.2) is 5.13 Å². The molecule has 0 fully saturated rings. The summed E-state index contributed by atoms with van der Waals surface area (Å²) < 4.78 is 13.7. The Balaban J connectivity index is 2.75. The zero-order chi connectivity index (χ0) is 9.42. The van der Waals surface area contributed by atoms with Crippen LogP contribution in [0.25, 0.3) is 10.1 Å². The summed E-state index contributed by atoms with van der Waals surface area (Å²) in [6, 6.07) is 4.99. The van der Waals surface area contributed by atoms with E-state index >= 15 is 0 Å². The molecule has 0 unspecified atom stereocenters. The molecule has 0 amide bonds. The molecule has 0 saturated heterocycles. The normalized spacial score (nSPS) is 11.0. The van der Waals surface area contributed by atoms with Crippen LogP contribution in [-0.4, -0.2) is 5.11 Å². The van der Waals surface area contributed by atoms with Crippen molar-refractivity contribution in [1.29, 1.82) is 0 Å². The molecule has 0 aliphatic carbocycles. The number of aliphatic hydroxyl groups is 1. The average Bonchev–Trinajstić information content (AvgIpc) is 2.46. The fourth-order valence-electron chi connectivity index (χ4n) is 1.24. The third kappa shape index (κ3) is 1.57. The van der Waals surface area contributed by atoms with Gasteiger partial charge in [-0.15, -0.1) is 24.0 Å². The quantitative estimate of drug-likeness (QED) is 0.699. The van der Waals surface area contributed by atoms with E-state index in [-0.39, 0.29) is 11.7 Å². The van der Waals surface area contributed by atoms with Gasteiger partial charge in [-0.25, -0.2) is 0 Å². The van der Waals surface area contributed by atoms with E-state index in [1.165, 1.54) is 6.07 Å². The first-order chi connectivity index (χ1) is 6.20. The molecule has 68 valence electrons. The lowest BCUT2D eigenvalue weighted by atomic mass is 10.2. The van der Waals surface area contributed by atoms with Crippen molar-refractivity contribution in [2.24, 2.45) is 0 Å². The third-order valence-electron chi connectivity index (χ3n) is 1.83. The molecule has 2 rings (SSSR count). The Hall–Kier alpha value is -0.580. The van der Waals surface area contributed by atoms with Crippen molar-refractivity contribution < 1.29 is 9.50 Å². The summed E-state index contributed by atoms with van der Waals surface area (Å²) in [7, 11) is 0. The van der Waals surface area contributed by atoms with Gasteiger partial charge < -0.3 is 5.11 Å². The van der Waals surface area contributed by atoms with Gasteiger partial charge in [0.05, 0.1) is 6.61 Å². The molecule has 1 aromatic heterocycles. The molecular formula is C9H7FOS2. The Morgan fingerprint density at radius 2 is 2.15 bits per heavy atom. The first kappa shape index (κ1) is 8.99. The van der Waals surface area contributed by atoms with Crippen LogP contribution < -0.4 is 0 Å². The molecule has 0 aliphatic heterocycles. The maximum atomic E-state index is 12.9. The van der Waals surface area contributed by atoms with Crippen LogP contribution in [0.1, 0.15) is 5.56 Å². The van der Waals surface area contributed by atoms with E-state index in [9.17, 15) is 4.39 Å². The topological polar surface area (TPSA) is 20.2 Å². The van der Waals surface area contributed by atoms with Crippen molar-refractivity contribution >= 4 is 34.1 Å². The van der Waals surface area contributed by atoms with Gasteiger partial charge >= 0.3 is 0 Å². The molecule has 0 aliphatic rings. The second-order valence-electron chi connectivity index (χ2n) is 2.74. The van der Waals surface area contributed by atoms with Gasteiger partial charge in [-0.05, 0) is 23.8 Å². The summed E-state index contributed by atoms with van der Waals surface area (Å²) in [6.07, 6.45) is 0. The standard InChI is InChI=1S/C9H7FOS2/c10-9-3-6-7(12)1-5(4-11)2-8(6)13-9/h1-3,11-12H,4H2. The molecule has 13 heavy (non-hydrogen) atoms. The fourth-order valence-corrected chi connectivity index (χ4v) is 2.54. The first-order valence-corrected chi connectivity index (χ1v) is 4.99. The van der Waals surface area contributed by atoms with E-state index in [1.807, 2.05) is 0 Å². The van der Waals surface area contributed by atoms with Crippen LogP contribution in [0.4, 0.5) is 4.39 Å². The Morgan fingerprint density at radius 3 is 2.85 bits per heavy atom. The van der Waals surface area contributed by atoms with Crippen molar-refractivity contribution in [3.63, 3.8) is 0 Å². The summed E-state index contributed by atoms with van der Waals surface area (Å²) in [6.45, 7) is -0.0387. The minimum Gasteiger partial charge on any atom is -0.392 e. The molecular weight excluding hydrogens is 207 g/mol. The number of benzene rings is 1. The molecule has 0 spiro atoms. The fraction of sp³-hybridized carbons (Fsp3) is 0.111. The van der Waals surface area contributed by atoms with Crippen molar-refractivity contribution in [3.8, 4) is 0 Å². The van der Waals surface area contributed by atoms with Crippen molar-refractivity contribution in [2.45, 2.75) is 11.5 Å². The maximum Gasteiger partial charge on any atom is 0.177 e. The van der Waals surface area contributed by atoms with E-state index < -0.39 is 0 Å². The number of thiol groups is 1. The van der Waals surface area contributed by atoms with E-state index in [0.29, 0.717) is 4.90 Å².